The monoisotopic (exact) mass is 337 g/mol. The Morgan fingerprint density at radius 2 is 1.91 bits per heavy atom. The van der Waals surface area contributed by atoms with Gasteiger partial charge in [0.25, 0.3) is 10.2 Å². The number of rotatable bonds is 5. The van der Waals surface area contributed by atoms with Gasteiger partial charge in [-0.2, -0.15) is 17.0 Å². The highest BCUT2D eigenvalue weighted by atomic mass is 32.2. The molecule has 0 aliphatic carbocycles. The molecule has 22 heavy (non-hydrogen) atoms. The molecular formula is C13H27N3O5S. The molecule has 8 nitrogen and oxygen atoms in total. The lowest BCUT2D eigenvalue weighted by atomic mass is 10.1. The summed E-state index contributed by atoms with van der Waals surface area (Å²) in [6.45, 7) is 5.89. The van der Waals surface area contributed by atoms with Gasteiger partial charge in [-0.3, -0.25) is 0 Å². The largest absolute Gasteiger partial charge is 0.444 e. The van der Waals surface area contributed by atoms with Crippen molar-refractivity contribution in [2.45, 2.75) is 45.3 Å². The number of amides is 1. The van der Waals surface area contributed by atoms with Crippen LogP contribution in [0.4, 0.5) is 4.79 Å². The molecule has 1 saturated heterocycles. The number of ether oxygens (including phenoxy) is 1. The SMILES string of the molecule is CN(CCO)S(=O)(=O)N1CCC(NC(=O)OC(C)(C)C)CC1. The van der Waals surface area contributed by atoms with Crippen LogP contribution in [0.5, 0.6) is 0 Å². The van der Waals surface area contributed by atoms with Gasteiger partial charge in [0.15, 0.2) is 0 Å². The molecule has 0 radical (unpaired) electrons. The van der Waals surface area contributed by atoms with Crippen molar-refractivity contribution >= 4 is 16.3 Å². The summed E-state index contributed by atoms with van der Waals surface area (Å²) in [4.78, 5) is 11.7. The second-order valence-electron chi connectivity index (χ2n) is 6.37. The normalized spacial score (nSPS) is 18.5. The van der Waals surface area contributed by atoms with E-state index in [1.807, 2.05) is 0 Å². The van der Waals surface area contributed by atoms with E-state index < -0.39 is 21.9 Å². The van der Waals surface area contributed by atoms with E-state index in [0.717, 1.165) is 4.31 Å². The van der Waals surface area contributed by atoms with Crippen LogP contribution in [0.2, 0.25) is 0 Å². The molecule has 0 atom stereocenters. The second-order valence-corrected chi connectivity index (χ2v) is 8.41. The van der Waals surface area contributed by atoms with E-state index in [1.54, 1.807) is 20.8 Å². The predicted octanol–water partition coefficient (Wildman–Crippen LogP) is 0.144. The summed E-state index contributed by atoms with van der Waals surface area (Å²) in [5.74, 6) is 0. The average Bonchev–Trinajstić information content (AvgIpc) is 2.37. The van der Waals surface area contributed by atoms with Gasteiger partial charge < -0.3 is 15.2 Å². The second kappa shape index (κ2) is 7.58. The van der Waals surface area contributed by atoms with Gasteiger partial charge in [0, 0.05) is 32.7 Å². The quantitative estimate of drug-likeness (QED) is 0.744. The number of hydrogen-bond donors (Lipinski definition) is 2. The zero-order chi connectivity index (χ0) is 17.0. The lowest BCUT2D eigenvalue weighted by Gasteiger charge is -2.34. The van der Waals surface area contributed by atoms with Crippen LogP contribution < -0.4 is 5.32 Å². The van der Waals surface area contributed by atoms with Crippen LogP contribution in [-0.2, 0) is 14.9 Å². The highest BCUT2D eigenvalue weighted by Gasteiger charge is 2.31. The Balaban J connectivity index is 2.48. The van der Waals surface area contributed by atoms with Crippen molar-refractivity contribution < 1.29 is 23.1 Å². The van der Waals surface area contributed by atoms with Crippen LogP contribution >= 0.6 is 0 Å². The maximum atomic E-state index is 12.2. The van der Waals surface area contributed by atoms with Crippen molar-refractivity contribution in [1.29, 1.82) is 0 Å². The van der Waals surface area contributed by atoms with Gasteiger partial charge in [0.1, 0.15) is 5.60 Å². The molecule has 1 fully saturated rings. The van der Waals surface area contributed by atoms with Gasteiger partial charge in [-0.1, -0.05) is 0 Å². The minimum atomic E-state index is -3.54. The molecule has 0 aromatic rings. The Bertz CT molecular complexity index is 467. The average molecular weight is 337 g/mol. The van der Waals surface area contributed by atoms with E-state index in [2.05, 4.69) is 5.32 Å². The highest BCUT2D eigenvalue weighted by Crippen LogP contribution is 2.17. The van der Waals surface area contributed by atoms with Crippen molar-refractivity contribution in [3.63, 3.8) is 0 Å². The fourth-order valence-corrected chi connectivity index (χ4v) is 3.54. The summed E-state index contributed by atoms with van der Waals surface area (Å²) < 4.78 is 32.1. The first kappa shape index (κ1) is 19.1. The number of nitrogens with zero attached hydrogens (tertiary/aromatic N) is 2. The first-order valence-corrected chi connectivity index (χ1v) is 8.78. The third-order valence-electron chi connectivity index (χ3n) is 3.31. The van der Waals surface area contributed by atoms with Crippen molar-refractivity contribution in [2.75, 3.05) is 33.3 Å². The molecule has 1 amide bonds. The number of piperidine rings is 1. The molecule has 2 N–H and O–H groups in total. The molecule has 0 spiro atoms. The highest BCUT2D eigenvalue weighted by molar-refractivity contribution is 7.86. The maximum Gasteiger partial charge on any atom is 0.407 e. The number of carbonyl (C=O) groups is 1. The van der Waals surface area contributed by atoms with Gasteiger partial charge in [0.05, 0.1) is 6.61 Å². The minimum Gasteiger partial charge on any atom is -0.444 e. The summed E-state index contributed by atoms with van der Waals surface area (Å²) >= 11 is 0. The van der Waals surface area contributed by atoms with E-state index in [4.69, 9.17) is 9.84 Å². The molecule has 0 unspecified atom stereocenters. The third-order valence-corrected chi connectivity index (χ3v) is 5.30. The van der Waals surface area contributed by atoms with Crippen molar-refractivity contribution in [3.05, 3.63) is 0 Å². The molecule has 9 heteroatoms. The number of carbonyl (C=O) groups excluding carboxylic acids is 1. The Kier molecular flexibility index (Phi) is 6.60. The van der Waals surface area contributed by atoms with Crippen molar-refractivity contribution in [3.8, 4) is 0 Å². The van der Waals surface area contributed by atoms with E-state index in [9.17, 15) is 13.2 Å². The molecule has 0 aromatic carbocycles. The minimum absolute atomic E-state index is 0.0679. The van der Waals surface area contributed by atoms with Gasteiger partial charge in [-0.15, -0.1) is 0 Å². The summed E-state index contributed by atoms with van der Waals surface area (Å²) in [5, 5.41) is 11.6. The van der Waals surface area contributed by atoms with Gasteiger partial charge in [0.2, 0.25) is 0 Å². The fourth-order valence-electron chi connectivity index (χ4n) is 2.16. The Hall–Kier alpha value is -0.900. The van der Waals surface area contributed by atoms with E-state index in [1.165, 1.54) is 11.4 Å². The Morgan fingerprint density at radius 1 is 1.36 bits per heavy atom. The van der Waals surface area contributed by atoms with Crippen LogP contribution in [0.1, 0.15) is 33.6 Å². The third kappa shape index (κ3) is 5.71. The number of aliphatic hydroxyl groups excluding tert-OH is 1. The lowest BCUT2D eigenvalue weighted by Crippen LogP contribution is -2.50. The number of hydrogen-bond acceptors (Lipinski definition) is 5. The molecule has 0 bridgehead atoms. The molecule has 130 valence electrons. The van der Waals surface area contributed by atoms with Crippen LogP contribution in [-0.4, -0.2) is 73.2 Å². The first-order valence-electron chi connectivity index (χ1n) is 7.38. The van der Waals surface area contributed by atoms with Gasteiger partial charge in [-0.05, 0) is 33.6 Å². The summed E-state index contributed by atoms with van der Waals surface area (Å²) in [7, 11) is -2.10. The topological polar surface area (TPSA) is 99.2 Å². The van der Waals surface area contributed by atoms with Crippen LogP contribution in [0.15, 0.2) is 0 Å². The van der Waals surface area contributed by atoms with Gasteiger partial charge in [-0.25, -0.2) is 4.79 Å². The molecule has 1 aliphatic heterocycles. The van der Waals surface area contributed by atoms with Crippen molar-refractivity contribution in [2.24, 2.45) is 0 Å². The standard InChI is InChI=1S/C13H27N3O5S/c1-13(2,3)21-12(18)14-11-5-7-16(8-6-11)22(19,20)15(4)9-10-17/h11,17H,5-10H2,1-4H3,(H,14,18). The number of likely N-dealkylation sites (N-methyl/N-ethyl adjacent to an activating group) is 1. The zero-order valence-corrected chi connectivity index (χ0v) is 14.5. The molecule has 1 heterocycles. The summed E-state index contributed by atoms with van der Waals surface area (Å²) in [5.41, 5.74) is -0.554. The summed E-state index contributed by atoms with van der Waals surface area (Å²) in [6.07, 6.45) is 0.586. The van der Waals surface area contributed by atoms with Crippen molar-refractivity contribution in [1.82, 2.24) is 13.9 Å². The fraction of sp³-hybridized carbons (Fsp3) is 0.923. The smallest absolute Gasteiger partial charge is 0.407 e. The van der Waals surface area contributed by atoms with E-state index in [-0.39, 0.29) is 19.2 Å². The number of aliphatic hydroxyl groups is 1. The summed E-state index contributed by atoms with van der Waals surface area (Å²) in [6, 6.07) is -0.0931. The van der Waals surface area contributed by atoms with Gasteiger partial charge >= 0.3 is 6.09 Å². The van der Waals surface area contributed by atoms with E-state index >= 15 is 0 Å². The first-order chi connectivity index (χ1) is 10.1. The lowest BCUT2D eigenvalue weighted by molar-refractivity contribution is 0.0489. The zero-order valence-electron chi connectivity index (χ0n) is 13.7. The number of nitrogens with one attached hydrogen (secondary N) is 1. The number of alkyl carbamates (subject to hydrolysis) is 1. The molecule has 0 saturated carbocycles. The Morgan fingerprint density at radius 3 is 2.36 bits per heavy atom. The predicted molar refractivity (Wildman–Crippen MR) is 82.6 cm³/mol. The van der Waals surface area contributed by atoms with Crippen LogP contribution in [0.25, 0.3) is 0 Å². The van der Waals surface area contributed by atoms with E-state index in [0.29, 0.717) is 25.9 Å². The Labute approximate surface area is 132 Å². The van der Waals surface area contributed by atoms with Crippen LogP contribution in [0.3, 0.4) is 0 Å². The molecule has 0 aromatic heterocycles. The molecule has 1 aliphatic rings. The van der Waals surface area contributed by atoms with Crippen LogP contribution in [0, 0.1) is 0 Å². The maximum absolute atomic E-state index is 12.2. The molecular weight excluding hydrogens is 310 g/mol. The molecule has 1 rings (SSSR count).